The summed E-state index contributed by atoms with van der Waals surface area (Å²) in [5.74, 6) is 0.129. The second-order valence-electron chi connectivity index (χ2n) is 4.50. The van der Waals surface area contributed by atoms with Gasteiger partial charge >= 0.3 is 6.09 Å². The molecule has 1 aliphatic rings. The fourth-order valence-corrected chi connectivity index (χ4v) is 2.08. The maximum Gasteiger partial charge on any atom is 0.411 e. The first kappa shape index (κ1) is 16.5. The maximum absolute atomic E-state index is 11.7. The highest BCUT2D eigenvalue weighted by molar-refractivity contribution is 7.80. The molecule has 8 heteroatoms. The lowest BCUT2D eigenvalue weighted by Crippen LogP contribution is -2.59. The van der Waals surface area contributed by atoms with Crippen LogP contribution in [0.15, 0.2) is 0 Å². The molecular formula is C11H21NO6S. The van der Waals surface area contributed by atoms with Crippen LogP contribution in [0.3, 0.4) is 0 Å². The lowest BCUT2D eigenvalue weighted by Gasteiger charge is -2.39. The van der Waals surface area contributed by atoms with Crippen LogP contribution in [-0.2, 0) is 9.47 Å². The number of carbonyl (C=O) groups excluding carboxylic acids is 1. The number of hydrogen-bond acceptors (Lipinski definition) is 7. The number of aliphatic hydroxyl groups excluding tert-OH is 3. The van der Waals surface area contributed by atoms with Crippen molar-refractivity contribution in [1.29, 1.82) is 0 Å². The van der Waals surface area contributed by atoms with Crippen LogP contribution < -0.4 is 0 Å². The van der Waals surface area contributed by atoms with E-state index in [0.717, 1.165) is 6.42 Å². The molecule has 112 valence electrons. The Morgan fingerprint density at radius 1 is 1.32 bits per heavy atom. The number of carbonyl (C=O) groups is 1. The normalized spacial score (nSPS) is 34.9. The number of hydrogen-bond donors (Lipinski definition) is 4. The van der Waals surface area contributed by atoms with Gasteiger partial charge in [0.2, 0.25) is 6.29 Å². The molecule has 1 fully saturated rings. The molecule has 0 saturated carbocycles. The average Bonchev–Trinajstić information content (AvgIpc) is 2.39. The number of aliphatic hydroxyl groups is 3. The minimum atomic E-state index is -1.50. The summed E-state index contributed by atoms with van der Waals surface area (Å²) in [6.45, 7) is 2.41. The number of rotatable bonds is 4. The Labute approximate surface area is 117 Å². The van der Waals surface area contributed by atoms with E-state index >= 15 is 0 Å². The fraction of sp³-hybridized carbons (Fsp3) is 0.909. The molecule has 1 rings (SSSR count). The van der Waals surface area contributed by atoms with Crippen molar-refractivity contribution in [3.05, 3.63) is 0 Å². The summed E-state index contributed by atoms with van der Waals surface area (Å²) in [5, 5.41) is 29.0. The van der Waals surface area contributed by atoms with Crippen molar-refractivity contribution >= 4 is 18.7 Å². The Balaban J connectivity index is 2.64. The van der Waals surface area contributed by atoms with Gasteiger partial charge in [-0.1, -0.05) is 6.92 Å². The van der Waals surface area contributed by atoms with Crippen molar-refractivity contribution in [2.24, 2.45) is 0 Å². The summed E-state index contributed by atoms with van der Waals surface area (Å²) in [5.41, 5.74) is 0. The summed E-state index contributed by atoms with van der Waals surface area (Å²) in [6, 6.07) is 0. The zero-order valence-electron chi connectivity index (χ0n) is 11.0. The second-order valence-corrected chi connectivity index (χ2v) is 4.87. The van der Waals surface area contributed by atoms with Gasteiger partial charge in [0, 0.05) is 19.3 Å². The minimum Gasteiger partial charge on any atom is -0.416 e. The Kier molecular flexibility index (Phi) is 6.34. The third-order valence-electron chi connectivity index (χ3n) is 2.94. The van der Waals surface area contributed by atoms with E-state index in [1.165, 1.54) is 4.90 Å². The van der Waals surface area contributed by atoms with Gasteiger partial charge in [-0.2, -0.15) is 12.6 Å². The third kappa shape index (κ3) is 3.96. The van der Waals surface area contributed by atoms with Crippen LogP contribution in [0.1, 0.15) is 13.3 Å². The van der Waals surface area contributed by atoms with Gasteiger partial charge in [0.1, 0.15) is 18.3 Å². The van der Waals surface area contributed by atoms with E-state index in [9.17, 15) is 20.1 Å². The third-order valence-corrected chi connectivity index (χ3v) is 3.30. The SMILES string of the molecule is CCCN(C)C(=O)O[C@@H]1O[C@H](CS)[C@@H](O)[C@H](O)[C@H]1O. The van der Waals surface area contributed by atoms with Crippen molar-refractivity contribution in [3.8, 4) is 0 Å². The quantitative estimate of drug-likeness (QED) is 0.507. The highest BCUT2D eigenvalue weighted by Crippen LogP contribution is 2.23. The summed E-state index contributed by atoms with van der Waals surface area (Å²) in [6.07, 6.45) is -6.23. The Morgan fingerprint density at radius 2 is 1.95 bits per heavy atom. The van der Waals surface area contributed by atoms with Crippen molar-refractivity contribution < 1.29 is 29.6 Å². The molecule has 0 radical (unpaired) electrons. The number of amides is 1. The van der Waals surface area contributed by atoms with Crippen LogP contribution in [0.25, 0.3) is 0 Å². The van der Waals surface area contributed by atoms with Crippen molar-refractivity contribution in [2.75, 3.05) is 19.3 Å². The molecule has 1 heterocycles. The van der Waals surface area contributed by atoms with E-state index < -0.39 is 36.8 Å². The Bertz CT molecular complexity index is 303. The molecule has 19 heavy (non-hydrogen) atoms. The van der Waals surface area contributed by atoms with Crippen LogP contribution in [-0.4, -0.2) is 76.4 Å². The van der Waals surface area contributed by atoms with Crippen molar-refractivity contribution in [3.63, 3.8) is 0 Å². The first-order valence-electron chi connectivity index (χ1n) is 6.14. The summed E-state index contributed by atoms with van der Waals surface area (Å²) >= 11 is 3.97. The molecule has 0 bridgehead atoms. The zero-order valence-corrected chi connectivity index (χ0v) is 11.9. The zero-order chi connectivity index (χ0) is 14.6. The number of nitrogens with zero attached hydrogens (tertiary/aromatic N) is 1. The highest BCUT2D eigenvalue weighted by Gasteiger charge is 2.45. The van der Waals surface area contributed by atoms with Crippen LogP contribution in [0.2, 0.25) is 0 Å². The summed E-state index contributed by atoms with van der Waals surface area (Å²) in [7, 11) is 1.56. The lowest BCUT2D eigenvalue weighted by atomic mass is 10.00. The van der Waals surface area contributed by atoms with Gasteiger partial charge in [0.25, 0.3) is 0 Å². The van der Waals surface area contributed by atoms with E-state index in [1.807, 2.05) is 6.92 Å². The Hall–Kier alpha value is -0.540. The molecule has 0 aliphatic carbocycles. The molecule has 0 aromatic heterocycles. The van der Waals surface area contributed by atoms with Crippen LogP contribution in [0.5, 0.6) is 0 Å². The highest BCUT2D eigenvalue weighted by atomic mass is 32.1. The smallest absolute Gasteiger partial charge is 0.411 e. The molecule has 3 N–H and O–H groups in total. The van der Waals surface area contributed by atoms with Gasteiger partial charge in [-0.25, -0.2) is 4.79 Å². The minimum absolute atomic E-state index is 0.129. The van der Waals surface area contributed by atoms with Crippen LogP contribution in [0.4, 0.5) is 4.79 Å². The molecular weight excluding hydrogens is 274 g/mol. The maximum atomic E-state index is 11.7. The topological polar surface area (TPSA) is 99.5 Å². The van der Waals surface area contributed by atoms with Gasteiger partial charge in [-0.3, -0.25) is 0 Å². The second kappa shape index (κ2) is 7.30. The monoisotopic (exact) mass is 295 g/mol. The molecule has 1 saturated heterocycles. The van der Waals surface area contributed by atoms with Crippen molar-refractivity contribution in [2.45, 2.75) is 44.1 Å². The lowest BCUT2D eigenvalue weighted by molar-refractivity contribution is -0.276. The van der Waals surface area contributed by atoms with E-state index in [0.29, 0.717) is 6.54 Å². The summed E-state index contributed by atoms with van der Waals surface area (Å²) < 4.78 is 10.2. The standard InChI is InChI=1S/C11H21NO6S/c1-3-4-12(2)11(16)18-10-9(15)8(14)7(13)6(5-19)17-10/h6-10,13-15,19H,3-5H2,1-2H3/t6-,7-,8+,9-,10+/m1/s1. The molecule has 0 aromatic rings. The molecule has 0 spiro atoms. The first-order valence-corrected chi connectivity index (χ1v) is 6.77. The van der Waals surface area contributed by atoms with Gasteiger partial charge in [0.15, 0.2) is 0 Å². The molecule has 7 nitrogen and oxygen atoms in total. The van der Waals surface area contributed by atoms with E-state index in [1.54, 1.807) is 7.05 Å². The molecule has 1 aliphatic heterocycles. The fourth-order valence-electron chi connectivity index (χ4n) is 1.78. The van der Waals surface area contributed by atoms with E-state index in [4.69, 9.17) is 9.47 Å². The molecule has 1 amide bonds. The van der Waals surface area contributed by atoms with Gasteiger partial charge in [0.05, 0.1) is 6.10 Å². The van der Waals surface area contributed by atoms with Crippen LogP contribution in [0, 0.1) is 0 Å². The van der Waals surface area contributed by atoms with Crippen molar-refractivity contribution in [1.82, 2.24) is 4.90 Å². The largest absolute Gasteiger partial charge is 0.416 e. The molecule has 0 unspecified atom stereocenters. The first-order chi connectivity index (χ1) is 8.92. The summed E-state index contributed by atoms with van der Waals surface area (Å²) in [4.78, 5) is 13.0. The van der Waals surface area contributed by atoms with E-state index in [-0.39, 0.29) is 5.75 Å². The predicted octanol–water partition coefficient (Wildman–Crippen LogP) is -0.798. The van der Waals surface area contributed by atoms with Crippen LogP contribution >= 0.6 is 12.6 Å². The average molecular weight is 295 g/mol. The molecule has 0 aromatic carbocycles. The number of thiol groups is 1. The van der Waals surface area contributed by atoms with Gasteiger partial charge < -0.3 is 29.7 Å². The predicted molar refractivity (Wildman–Crippen MR) is 69.9 cm³/mol. The number of ether oxygens (including phenoxy) is 2. The van der Waals surface area contributed by atoms with Gasteiger partial charge in [-0.15, -0.1) is 0 Å². The molecule has 5 atom stereocenters. The van der Waals surface area contributed by atoms with E-state index in [2.05, 4.69) is 12.6 Å². The Morgan fingerprint density at radius 3 is 2.47 bits per heavy atom. The van der Waals surface area contributed by atoms with Gasteiger partial charge in [-0.05, 0) is 6.42 Å².